The first kappa shape index (κ1) is 16.0. The molecule has 0 saturated heterocycles. The maximum atomic E-state index is 12.8. The summed E-state index contributed by atoms with van der Waals surface area (Å²) < 4.78 is 12.8. The van der Waals surface area contributed by atoms with Gasteiger partial charge in [-0.25, -0.2) is 4.39 Å². The maximum Gasteiger partial charge on any atom is 0.267 e. The summed E-state index contributed by atoms with van der Waals surface area (Å²) in [4.78, 5) is 16.9. The van der Waals surface area contributed by atoms with Crippen LogP contribution in [-0.2, 0) is 9.63 Å². The van der Waals surface area contributed by atoms with Crippen LogP contribution >= 0.6 is 11.6 Å². The van der Waals surface area contributed by atoms with Gasteiger partial charge in [-0.3, -0.25) is 4.79 Å². The maximum absolute atomic E-state index is 12.8. The summed E-state index contributed by atoms with van der Waals surface area (Å²) in [6.45, 7) is 1.57. The van der Waals surface area contributed by atoms with Crippen molar-refractivity contribution >= 4 is 29.4 Å². The first-order valence-corrected chi connectivity index (χ1v) is 6.93. The van der Waals surface area contributed by atoms with Gasteiger partial charge in [0.2, 0.25) is 6.10 Å². The molecular weight excluding hydrogens is 307 g/mol. The highest BCUT2D eigenvalue weighted by molar-refractivity contribution is 6.30. The molecule has 0 heterocycles. The number of hydrogen-bond donors (Lipinski definition) is 1. The van der Waals surface area contributed by atoms with Crippen LogP contribution < -0.4 is 5.32 Å². The Morgan fingerprint density at radius 2 is 1.86 bits per heavy atom. The second-order valence-electron chi connectivity index (χ2n) is 4.53. The van der Waals surface area contributed by atoms with E-state index in [0.717, 1.165) is 5.56 Å². The number of benzene rings is 2. The Kier molecular flexibility index (Phi) is 5.49. The Morgan fingerprint density at radius 3 is 2.50 bits per heavy atom. The summed E-state index contributed by atoms with van der Waals surface area (Å²) in [5.74, 6) is -0.741. The number of nitrogens with zero attached hydrogens (tertiary/aromatic N) is 1. The minimum Gasteiger partial charge on any atom is -0.383 e. The van der Waals surface area contributed by atoms with Crippen LogP contribution in [0.1, 0.15) is 12.5 Å². The zero-order chi connectivity index (χ0) is 15.9. The molecule has 1 N–H and O–H groups in total. The van der Waals surface area contributed by atoms with Crippen LogP contribution in [0.3, 0.4) is 0 Å². The van der Waals surface area contributed by atoms with Gasteiger partial charge in [-0.1, -0.05) is 28.9 Å². The molecule has 2 rings (SSSR count). The van der Waals surface area contributed by atoms with Crippen molar-refractivity contribution in [1.82, 2.24) is 0 Å². The van der Waals surface area contributed by atoms with Crippen molar-refractivity contribution in [1.29, 1.82) is 0 Å². The molecule has 114 valence electrons. The van der Waals surface area contributed by atoms with Gasteiger partial charge >= 0.3 is 0 Å². The molecular formula is C16H14ClFN2O2. The average molecular weight is 321 g/mol. The van der Waals surface area contributed by atoms with Gasteiger partial charge in [0.05, 0.1) is 6.21 Å². The Hall–Kier alpha value is -2.40. The summed E-state index contributed by atoms with van der Waals surface area (Å²) in [6.07, 6.45) is 0.700. The van der Waals surface area contributed by atoms with E-state index >= 15 is 0 Å². The molecule has 0 aliphatic heterocycles. The van der Waals surface area contributed by atoms with Crippen LogP contribution in [0, 0.1) is 5.82 Å². The SMILES string of the molecule is C[C@@H](O/N=C\c1ccc(Cl)cc1)C(=O)Nc1ccc(F)cc1. The lowest BCUT2D eigenvalue weighted by Crippen LogP contribution is -2.26. The highest BCUT2D eigenvalue weighted by atomic mass is 35.5. The normalized spacial score (nSPS) is 12.1. The summed E-state index contributed by atoms with van der Waals surface area (Å²) in [5, 5.41) is 6.99. The molecule has 0 aliphatic carbocycles. The third-order valence-corrected chi connectivity index (χ3v) is 3.02. The number of amides is 1. The number of carbonyl (C=O) groups is 1. The lowest BCUT2D eigenvalue weighted by Gasteiger charge is -2.10. The Balaban J connectivity index is 1.85. The topological polar surface area (TPSA) is 50.7 Å². The molecule has 0 spiro atoms. The van der Waals surface area contributed by atoms with E-state index in [4.69, 9.17) is 16.4 Å². The number of halogens is 2. The van der Waals surface area contributed by atoms with Gasteiger partial charge in [-0.05, 0) is 48.9 Å². The molecule has 2 aromatic rings. The Labute approximate surface area is 132 Å². The monoisotopic (exact) mass is 320 g/mol. The summed E-state index contributed by atoms with van der Waals surface area (Å²) in [6, 6.07) is 12.5. The fourth-order valence-corrected chi connectivity index (χ4v) is 1.68. The summed E-state index contributed by atoms with van der Waals surface area (Å²) in [5.41, 5.74) is 1.29. The van der Waals surface area contributed by atoms with Crippen LogP contribution in [0.25, 0.3) is 0 Å². The number of nitrogens with one attached hydrogen (secondary N) is 1. The van der Waals surface area contributed by atoms with Crippen molar-refractivity contribution in [2.75, 3.05) is 5.32 Å². The predicted molar refractivity (Wildman–Crippen MR) is 84.6 cm³/mol. The zero-order valence-corrected chi connectivity index (χ0v) is 12.5. The quantitative estimate of drug-likeness (QED) is 0.672. The van der Waals surface area contributed by atoms with E-state index in [0.29, 0.717) is 10.7 Å². The van der Waals surface area contributed by atoms with Crippen LogP contribution in [0.15, 0.2) is 53.7 Å². The van der Waals surface area contributed by atoms with Crippen molar-refractivity contribution in [3.8, 4) is 0 Å². The molecule has 0 aliphatic rings. The third-order valence-electron chi connectivity index (χ3n) is 2.77. The van der Waals surface area contributed by atoms with Crippen LogP contribution in [0.4, 0.5) is 10.1 Å². The van der Waals surface area contributed by atoms with E-state index < -0.39 is 6.10 Å². The number of hydrogen-bond acceptors (Lipinski definition) is 3. The first-order valence-electron chi connectivity index (χ1n) is 6.56. The molecule has 0 bridgehead atoms. The van der Waals surface area contributed by atoms with Gasteiger partial charge in [-0.2, -0.15) is 0 Å². The first-order chi connectivity index (χ1) is 10.5. The highest BCUT2D eigenvalue weighted by Crippen LogP contribution is 2.10. The van der Waals surface area contributed by atoms with E-state index in [2.05, 4.69) is 10.5 Å². The molecule has 1 atom stereocenters. The predicted octanol–water partition coefficient (Wildman–Crippen LogP) is 3.86. The largest absolute Gasteiger partial charge is 0.383 e. The van der Waals surface area contributed by atoms with Gasteiger partial charge in [-0.15, -0.1) is 0 Å². The molecule has 4 nitrogen and oxygen atoms in total. The molecule has 0 unspecified atom stereocenters. The van der Waals surface area contributed by atoms with E-state index in [1.807, 2.05) is 0 Å². The number of anilines is 1. The molecule has 1 amide bonds. The van der Waals surface area contributed by atoms with Crippen molar-refractivity contribution in [3.05, 3.63) is 64.9 Å². The standard InChI is InChI=1S/C16H14ClFN2O2/c1-11(16(21)20-15-8-6-14(18)7-9-15)22-19-10-12-2-4-13(17)5-3-12/h2-11H,1H3,(H,20,21)/b19-10-/t11-/m1/s1. The van der Waals surface area contributed by atoms with E-state index in [1.54, 1.807) is 31.2 Å². The van der Waals surface area contributed by atoms with E-state index in [1.165, 1.54) is 30.5 Å². The van der Waals surface area contributed by atoms with Gasteiger partial charge in [0, 0.05) is 10.7 Å². The number of oxime groups is 1. The van der Waals surface area contributed by atoms with E-state index in [-0.39, 0.29) is 11.7 Å². The molecule has 0 saturated carbocycles. The number of rotatable bonds is 5. The third kappa shape index (κ3) is 4.86. The van der Waals surface area contributed by atoms with Crippen LogP contribution in [0.2, 0.25) is 5.02 Å². The Morgan fingerprint density at radius 1 is 1.23 bits per heavy atom. The summed E-state index contributed by atoms with van der Waals surface area (Å²) >= 11 is 5.77. The Bertz CT molecular complexity index is 657. The van der Waals surface area contributed by atoms with Gasteiger partial charge in [0.25, 0.3) is 5.91 Å². The second kappa shape index (κ2) is 7.56. The lowest BCUT2D eigenvalue weighted by molar-refractivity contribution is -0.126. The minimum atomic E-state index is -0.784. The van der Waals surface area contributed by atoms with Crippen molar-refractivity contribution in [3.63, 3.8) is 0 Å². The molecule has 22 heavy (non-hydrogen) atoms. The smallest absolute Gasteiger partial charge is 0.267 e. The van der Waals surface area contributed by atoms with E-state index in [9.17, 15) is 9.18 Å². The fraction of sp³-hybridized carbons (Fsp3) is 0.125. The zero-order valence-electron chi connectivity index (χ0n) is 11.8. The molecule has 0 fully saturated rings. The second-order valence-corrected chi connectivity index (χ2v) is 4.97. The molecule has 6 heteroatoms. The molecule has 2 aromatic carbocycles. The van der Waals surface area contributed by atoms with Gasteiger partial charge in [0.1, 0.15) is 5.82 Å². The van der Waals surface area contributed by atoms with Crippen molar-refractivity contribution in [2.24, 2.45) is 5.16 Å². The molecule has 0 aromatic heterocycles. The average Bonchev–Trinajstić information content (AvgIpc) is 2.51. The van der Waals surface area contributed by atoms with Crippen LogP contribution in [0.5, 0.6) is 0 Å². The fourth-order valence-electron chi connectivity index (χ4n) is 1.56. The lowest BCUT2D eigenvalue weighted by atomic mass is 10.2. The summed E-state index contributed by atoms with van der Waals surface area (Å²) in [7, 11) is 0. The molecule has 0 radical (unpaired) electrons. The number of carbonyl (C=O) groups excluding carboxylic acids is 1. The van der Waals surface area contributed by atoms with Crippen molar-refractivity contribution in [2.45, 2.75) is 13.0 Å². The van der Waals surface area contributed by atoms with Gasteiger partial charge in [0.15, 0.2) is 0 Å². The van der Waals surface area contributed by atoms with Gasteiger partial charge < -0.3 is 10.2 Å². The van der Waals surface area contributed by atoms with Crippen molar-refractivity contribution < 1.29 is 14.0 Å². The minimum absolute atomic E-state index is 0.366. The highest BCUT2D eigenvalue weighted by Gasteiger charge is 2.14. The van der Waals surface area contributed by atoms with Crippen LogP contribution in [-0.4, -0.2) is 18.2 Å².